The lowest BCUT2D eigenvalue weighted by Gasteiger charge is -2.30. The van der Waals surface area contributed by atoms with Gasteiger partial charge in [0.1, 0.15) is 5.65 Å². The highest BCUT2D eigenvalue weighted by Gasteiger charge is 2.26. The molecule has 0 amide bonds. The van der Waals surface area contributed by atoms with Gasteiger partial charge in [0.05, 0.1) is 0 Å². The standard InChI is InChI=1S/C17H24N6O3S/c18-27(25,26)22-9-7-13(8-10-22)20-17-19-11-12-5-6-15(24)23(16(12)21-17)14-3-1-2-4-14/h5-6,11,13-14H,1-4,7-10H2,(H2,18,25,26)(H,19,20,21). The fraction of sp³-hybridized carbons (Fsp3) is 0.588. The summed E-state index contributed by atoms with van der Waals surface area (Å²) in [5, 5.41) is 9.31. The summed E-state index contributed by atoms with van der Waals surface area (Å²) in [5.74, 6) is 0.467. The molecule has 146 valence electrons. The van der Waals surface area contributed by atoms with Gasteiger partial charge in [-0.2, -0.15) is 17.7 Å². The Labute approximate surface area is 157 Å². The van der Waals surface area contributed by atoms with Gasteiger partial charge in [-0.15, -0.1) is 0 Å². The number of rotatable bonds is 4. The lowest BCUT2D eigenvalue weighted by atomic mass is 10.1. The second-order valence-corrected chi connectivity index (χ2v) is 8.86. The summed E-state index contributed by atoms with van der Waals surface area (Å²) in [6.45, 7) is 0.744. The van der Waals surface area contributed by atoms with Crippen molar-refractivity contribution >= 4 is 27.2 Å². The van der Waals surface area contributed by atoms with Crippen LogP contribution in [-0.2, 0) is 10.2 Å². The minimum Gasteiger partial charge on any atom is -0.351 e. The van der Waals surface area contributed by atoms with E-state index in [4.69, 9.17) is 5.14 Å². The van der Waals surface area contributed by atoms with Crippen LogP contribution in [0.2, 0.25) is 0 Å². The Bertz CT molecular complexity index is 991. The molecule has 2 aromatic rings. The molecule has 1 aliphatic carbocycles. The molecule has 0 bridgehead atoms. The number of nitrogens with one attached hydrogen (secondary N) is 1. The van der Waals surface area contributed by atoms with Crippen molar-refractivity contribution in [2.75, 3.05) is 18.4 Å². The van der Waals surface area contributed by atoms with Gasteiger partial charge in [0.15, 0.2) is 0 Å². The summed E-state index contributed by atoms with van der Waals surface area (Å²) in [6.07, 6.45) is 7.24. The van der Waals surface area contributed by atoms with Crippen molar-refractivity contribution in [2.24, 2.45) is 5.14 Å². The van der Waals surface area contributed by atoms with E-state index in [-0.39, 0.29) is 17.6 Å². The average molecular weight is 392 g/mol. The van der Waals surface area contributed by atoms with Crippen LogP contribution in [0.15, 0.2) is 23.1 Å². The highest BCUT2D eigenvalue weighted by Crippen LogP contribution is 2.30. The Kier molecular flexibility index (Phi) is 4.87. The monoisotopic (exact) mass is 392 g/mol. The maximum absolute atomic E-state index is 12.5. The van der Waals surface area contributed by atoms with E-state index in [2.05, 4.69) is 15.3 Å². The molecule has 27 heavy (non-hydrogen) atoms. The normalized spacial score (nSPS) is 20.3. The molecule has 0 spiro atoms. The molecule has 9 nitrogen and oxygen atoms in total. The third-order valence-electron chi connectivity index (χ3n) is 5.50. The molecule has 0 radical (unpaired) electrons. The number of pyridine rings is 1. The summed E-state index contributed by atoms with van der Waals surface area (Å²) in [5.41, 5.74) is 0.634. The van der Waals surface area contributed by atoms with E-state index in [0.717, 1.165) is 31.1 Å². The van der Waals surface area contributed by atoms with E-state index in [0.29, 0.717) is 37.5 Å². The van der Waals surface area contributed by atoms with E-state index >= 15 is 0 Å². The van der Waals surface area contributed by atoms with E-state index < -0.39 is 10.2 Å². The van der Waals surface area contributed by atoms with E-state index in [9.17, 15) is 13.2 Å². The first-order valence-corrected chi connectivity index (χ1v) is 10.8. The zero-order valence-corrected chi connectivity index (χ0v) is 15.9. The van der Waals surface area contributed by atoms with Crippen LogP contribution >= 0.6 is 0 Å². The van der Waals surface area contributed by atoms with E-state index in [1.165, 1.54) is 4.31 Å². The SMILES string of the molecule is NS(=O)(=O)N1CCC(Nc2ncc3ccc(=O)n(C4CCCC4)c3n2)CC1. The zero-order valence-electron chi connectivity index (χ0n) is 15.0. The molecule has 2 aliphatic rings. The number of hydrogen-bond acceptors (Lipinski definition) is 6. The van der Waals surface area contributed by atoms with Crippen molar-refractivity contribution in [3.8, 4) is 0 Å². The number of piperidine rings is 1. The number of fused-ring (bicyclic) bond motifs is 1. The minimum absolute atomic E-state index is 0.0273. The summed E-state index contributed by atoms with van der Waals surface area (Å²) in [4.78, 5) is 21.5. The van der Waals surface area contributed by atoms with Crippen LogP contribution in [-0.4, -0.2) is 46.4 Å². The number of hydrogen-bond donors (Lipinski definition) is 2. The third-order valence-corrected chi connectivity index (χ3v) is 6.59. The Balaban J connectivity index is 1.57. The van der Waals surface area contributed by atoms with E-state index in [1.54, 1.807) is 22.9 Å². The fourth-order valence-electron chi connectivity index (χ4n) is 4.06. The molecule has 4 rings (SSSR count). The first-order valence-electron chi connectivity index (χ1n) is 9.34. The van der Waals surface area contributed by atoms with Gasteiger partial charge < -0.3 is 5.32 Å². The second kappa shape index (κ2) is 7.17. The summed E-state index contributed by atoms with van der Waals surface area (Å²) in [7, 11) is -3.63. The molecule has 1 saturated carbocycles. The maximum Gasteiger partial charge on any atom is 0.276 e. The van der Waals surface area contributed by atoms with Crippen molar-refractivity contribution in [3.05, 3.63) is 28.7 Å². The molecule has 1 saturated heterocycles. The average Bonchev–Trinajstić information content (AvgIpc) is 3.15. The van der Waals surface area contributed by atoms with E-state index in [1.807, 2.05) is 0 Å². The maximum atomic E-state index is 12.5. The first-order chi connectivity index (χ1) is 12.9. The number of nitrogens with two attached hydrogens (primary N) is 1. The number of aromatic nitrogens is 3. The van der Waals surface area contributed by atoms with Gasteiger partial charge in [0.25, 0.3) is 15.8 Å². The topological polar surface area (TPSA) is 123 Å². The van der Waals surface area contributed by atoms with Crippen molar-refractivity contribution in [3.63, 3.8) is 0 Å². The van der Waals surface area contributed by atoms with Crippen molar-refractivity contribution in [2.45, 2.75) is 50.6 Å². The van der Waals surface area contributed by atoms with Gasteiger partial charge in [0.2, 0.25) is 5.95 Å². The predicted molar refractivity (Wildman–Crippen MR) is 103 cm³/mol. The summed E-state index contributed by atoms with van der Waals surface area (Å²) < 4.78 is 25.9. The van der Waals surface area contributed by atoms with Crippen LogP contribution in [0.25, 0.3) is 11.0 Å². The molecule has 0 unspecified atom stereocenters. The molecular weight excluding hydrogens is 368 g/mol. The smallest absolute Gasteiger partial charge is 0.276 e. The Morgan fingerprint density at radius 1 is 1.11 bits per heavy atom. The Morgan fingerprint density at radius 2 is 1.81 bits per heavy atom. The van der Waals surface area contributed by atoms with Crippen LogP contribution in [0.1, 0.15) is 44.6 Å². The lowest BCUT2D eigenvalue weighted by Crippen LogP contribution is -2.45. The highest BCUT2D eigenvalue weighted by molar-refractivity contribution is 7.86. The van der Waals surface area contributed by atoms with Gasteiger partial charge in [-0.05, 0) is 31.7 Å². The molecule has 10 heteroatoms. The van der Waals surface area contributed by atoms with Crippen molar-refractivity contribution in [1.82, 2.24) is 18.8 Å². The van der Waals surface area contributed by atoms with Crippen molar-refractivity contribution < 1.29 is 8.42 Å². The molecule has 3 heterocycles. The van der Waals surface area contributed by atoms with Crippen molar-refractivity contribution in [1.29, 1.82) is 0 Å². The largest absolute Gasteiger partial charge is 0.351 e. The minimum atomic E-state index is -3.63. The molecule has 0 atom stereocenters. The molecule has 1 aliphatic heterocycles. The highest BCUT2D eigenvalue weighted by atomic mass is 32.2. The Morgan fingerprint density at radius 3 is 2.48 bits per heavy atom. The molecule has 2 fully saturated rings. The van der Waals surface area contributed by atoms with Crippen LogP contribution in [0.5, 0.6) is 0 Å². The van der Waals surface area contributed by atoms with Gasteiger partial charge in [-0.3, -0.25) is 9.36 Å². The van der Waals surface area contributed by atoms with Crippen LogP contribution in [0.3, 0.4) is 0 Å². The van der Waals surface area contributed by atoms with Gasteiger partial charge >= 0.3 is 0 Å². The van der Waals surface area contributed by atoms with Gasteiger partial charge in [-0.1, -0.05) is 12.8 Å². The van der Waals surface area contributed by atoms with Gasteiger partial charge in [-0.25, -0.2) is 10.1 Å². The second-order valence-electron chi connectivity index (χ2n) is 7.32. The molecular formula is C17H24N6O3S. The zero-order chi connectivity index (χ0) is 19.0. The molecule has 3 N–H and O–H groups in total. The summed E-state index contributed by atoms with van der Waals surface area (Å²) >= 11 is 0. The fourth-order valence-corrected chi connectivity index (χ4v) is 4.78. The van der Waals surface area contributed by atoms with Crippen LogP contribution in [0.4, 0.5) is 5.95 Å². The van der Waals surface area contributed by atoms with Crippen LogP contribution < -0.4 is 16.0 Å². The molecule has 2 aromatic heterocycles. The lowest BCUT2D eigenvalue weighted by molar-refractivity contribution is 0.329. The van der Waals surface area contributed by atoms with Crippen LogP contribution in [0, 0.1) is 0 Å². The predicted octanol–water partition coefficient (Wildman–Crippen LogP) is 0.986. The molecule has 0 aromatic carbocycles. The van der Waals surface area contributed by atoms with Gasteiger partial charge in [0, 0.05) is 42.8 Å². The third kappa shape index (κ3) is 3.83. The Hall–Kier alpha value is -2.04. The first kappa shape index (κ1) is 18.3. The quantitative estimate of drug-likeness (QED) is 0.800. The number of nitrogens with zero attached hydrogens (tertiary/aromatic N) is 4. The summed E-state index contributed by atoms with van der Waals surface area (Å²) in [6, 6.07) is 3.61. The number of anilines is 1.